The minimum absolute atomic E-state index is 0.102. The van der Waals surface area contributed by atoms with E-state index in [1.807, 2.05) is 60.3 Å². The van der Waals surface area contributed by atoms with Gasteiger partial charge in [-0.2, -0.15) is 0 Å². The summed E-state index contributed by atoms with van der Waals surface area (Å²) < 4.78 is 3.10. The number of hydrogen-bond donors (Lipinski definition) is 1. The highest BCUT2D eigenvalue weighted by Crippen LogP contribution is 2.23. The van der Waals surface area contributed by atoms with Gasteiger partial charge in [-0.1, -0.05) is 0 Å². The number of aryl methyl sites for hydroxylation is 1. The van der Waals surface area contributed by atoms with Crippen LogP contribution in [0.25, 0.3) is 21.1 Å². The maximum Gasteiger partial charge on any atom is 0.255 e. The van der Waals surface area contributed by atoms with Crippen LogP contribution in [0.1, 0.15) is 10.4 Å². The lowest BCUT2D eigenvalue weighted by molar-refractivity contribution is 0.102. The van der Waals surface area contributed by atoms with Crippen molar-refractivity contribution in [2.24, 2.45) is 7.05 Å². The van der Waals surface area contributed by atoms with E-state index in [9.17, 15) is 4.79 Å². The van der Waals surface area contributed by atoms with E-state index in [0.29, 0.717) is 5.56 Å². The van der Waals surface area contributed by atoms with E-state index in [2.05, 4.69) is 10.3 Å². The number of rotatable bonds is 2. The van der Waals surface area contributed by atoms with Crippen molar-refractivity contribution in [2.45, 2.75) is 0 Å². The molecule has 4 nitrogen and oxygen atoms in total. The van der Waals surface area contributed by atoms with Crippen molar-refractivity contribution in [3.8, 4) is 0 Å². The van der Waals surface area contributed by atoms with Crippen LogP contribution in [0.4, 0.5) is 5.69 Å². The second-order valence-corrected chi connectivity index (χ2v) is 6.08. The minimum Gasteiger partial charge on any atom is -0.351 e. The molecule has 0 bridgehead atoms. The zero-order valence-corrected chi connectivity index (χ0v) is 12.7. The topological polar surface area (TPSA) is 46.9 Å². The Hall–Kier alpha value is -2.66. The normalized spacial score (nSPS) is 11.1. The van der Waals surface area contributed by atoms with Gasteiger partial charge < -0.3 is 9.88 Å². The molecule has 22 heavy (non-hydrogen) atoms. The maximum atomic E-state index is 12.4. The van der Waals surface area contributed by atoms with E-state index in [1.54, 1.807) is 16.8 Å². The Bertz CT molecular complexity index is 999. The number of nitrogens with zero attached hydrogens (tertiary/aromatic N) is 2. The molecule has 2 aromatic carbocycles. The van der Waals surface area contributed by atoms with Gasteiger partial charge in [-0.15, -0.1) is 11.3 Å². The van der Waals surface area contributed by atoms with Gasteiger partial charge in [-0.05, 0) is 42.5 Å². The number of carbonyl (C=O) groups excluding carboxylic acids is 1. The third kappa shape index (κ3) is 2.16. The monoisotopic (exact) mass is 307 g/mol. The van der Waals surface area contributed by atoms with Gasteiger partial charge in [0.15, 0.2) is 0 Å². The first kappa shape index (κ1) is 13.0. The first-order chi connectivity index (χ1) is 10.7. The standard InChI is InChI=1S/C17H13N3OS/c1-20-7-6-11-8-12(2-5-15(11)20)17(21)19-13-3-4-14-16(9-13)22-10-18-14/h2-10H,1H3,(H,19,21). The largest absolute Gasteiger partial charge is 0.351 e. The number of hydrogen-bond acceptors (Lipinski definition) is 3. The molecule has 1 N–H and O–H groups in total. The van der Waals surface area contributed by atoms with E-state index in [1.165, 1.54) is 0 Å². The van der Waals surface area contributed by atoms with Gasteiger partial charge in [-0.3, -0.25) is 4.79 Å². The van der Waals surface area contributed by atoms with Crippen molar-refractivity contribution in [3.63, 3.8) is 0 Å². The molecule has 0 saturated heterocycles. The van der Waals surface area contributed by atoms with Gasteiger partial charge in [0.2, 0.25) is 0 Å². The predicted octanol–water partition coefficient (Wildman–Crippen LogP) is 4.04. The molecular weight excluding hydrogens is 294 g/mol. The van der Waals surface area contributed by atoms with Crippen LogP contribution < -0.4 is 5.32 Å². The van der Waals surface area contributed by atoms with Gasteiger partial charge in [0.05, 0.1) is 15.7 Å². The number of anilines is 1. The second-order valence-electron chi connectivity index (χ2n) is 5.19. The molecule has 4 rings (SSSR count). The van der Waals surface area contributed by atoms with Gasteiger partial charge >= 0.3 is 0 Å². The molecule has 108 valence electrons. The van der Waals surface area contributed by atoms with E-state index >= 15 is 0 Å². The van der Waals surface area contributed by atoms with Crippen LogP contribution in [-0.4, -0.2) is 15.5 Å². The van der Waals surface area contributed by atoms with Crippen LogP contribution in [0.2, 0.25) is 0 Å². The second kappa shape index (κ2) is 4.96. The Kier molecular flexibility index (Phi) is 2.94. The Balaban J connectivity index is 1.64. The van der Waals surface area contributed by atoms with Crippen molar-refractivity contribution in [1.29, 1.82) is 0 Å². The highest BCUT2D eigenvalue weighted by molar-refractivity contribution is 7.16. The average Bonchev–Trinajstić information content (AvgIpc) is 3.13. The highest BCUT2D eigenvalue weighted by atomic mass is 32.1. The summed E-state index contributed by atoms with van der Waals surface area (Å²) in [5, 5.41) is 4.01. The maximum absolute atomic E-state index is 12.4. The molecule has 0 unspecified atom stereocenters. The van der Waals surface area contributed by atoms with Crippen molar-refractivity contribution < 1.29 is 4.79 Å². The highest BCUT2D eigenvalue weighted by Gasteiger charge is 2.09. The van der Waals surface area contributed by atoms with Gasteiger partial charge in [0.25, 0.3) is 5.91 Å². The lowest BCUT2D eigenvalue weighted by atomic mass is 10.1. The minimum atomic E-state index is -0.102. The number of fused-ring (bicyclic) bond motifs is 2. The summed E-state index contributed by atoms with van der Waals surface area (Å²) in [7, 11) is 1.99. The zero-order chi connectivity index (χ0) is 15.1. The molecule has 1 amide bonds. The number of amides is 1. The van der Waals surface area contributed by atoms with Crippen LogP contribution >= 0.6 is 11.3 Å². The summed E-state index contributed by atoms with van der Waals surface area (Å²) in [6.45, 7) is 0. The van der Waals surface area contributed by atoms with Gasteiger partial charge in [-0.25, -0.2) is 4.98 Å². The molecule has 0 spiro atoms. The van der Waals surface area contributed by atoms with Crippen molar-refractivity contribution in [2.75, 3.05) is 5.32 Å². The molecule has 0 aliphatic heterocycles. The molecule has 0 saturated carbocycles. The Morgan fingerprint density at radius 1 is 1.18 bits per heavy atom. The number of thiazole rings is 1. The molecule has 4 aromatic rings. The Morgan fingerprint density at radius 2 is 2.09 bits per heavy atom. The van der Waals surface area contributed by atoms with Gasteiger partial charge in [0, 0.05) is 35.4 Å². The summed E-state index contributed by atoms with van der Waals surface area (Å²) in [5.41, 5.74) is 5.31. The molecule has 5 heteroatoms. The number of nitrogens with one attached hydrogen (secondary N) is 1. The Labute approximate surface area is 131 Å². The Morgan fingerprint density at radius 3 is 3.00 bits per heavy atom. The van der Waals surface area contributed by atoms with E-state index in [-0.39, 0.29) is 5.91 Å². The van der Waals surface area contributed by atoms with Crippen LogP contribution in [0.3, 0.4) is 0 Å². The summed E-state index contributed by atoms with van der Waals surface area (Å²) in [6, 6.07) is 13.5. The number of benzene rings is 2. The number of carbonyl (C=O) groups is 1. The fourth-order valence-electron chi connectivity index (χ4n) is 2.56. The first-order valence-corrected chi connectivity index (χ1v) is 7.78. The fourth-order valence-corrected chi connectivity index (χ4v) is 3.28. The smallest absolute Gasteiger partial charge is 0.255 e. The van der Waals surface area contributed by atoms with E-state index in [0.717, 1.165) is 26.8 Å². The summed E-state index contributed by atoms with van der Waals surface area (Å²) in [5.74, 6) is -0.102. The lowest BCUT2D eigenvalue weighted by Gasteiger charge is -2.06. The first-order valence-electron chi connectivity index (χ1n) is 6.90. The molecule has 0 atom stereocenters. The zero-order valence-electron chi connectivity index (χ0n) is 11.9. The van der Waals surface area contributed by atoms with Crippen LogP contribution in [-0.2, 0) is 7.05 Å². The molecule has 2 aromatic heterocycles. The van der Waals surface area contributed by atoms with Crippen molar-refractivity contribution in [1.82, 2.24) is 9.55 Å². The molecule has 0 aliphatic rings. The van der Waals surface area contributed by atoms with Gasteiger partial charge in [0.1, 0.15) is 0 Å². The third-order valence-corrected chi connectivity index (χ3v) is 4.53. The quantitative estimate of drug-likeness (QED) is 0.607. The van der Waals surface area contributed by atoms with E-state index < -0.39 is 0 Å². The summed E-state index contributed by atoms with van der Waals surface area (Å²) in [4.78, 5) is 16.6. The SMILES string of the molecule is Cn1ccc2cc(C(=O)Nc3ccc4ncsc4c3)ccc21. The summed E-state index contributed by atoms with van der Waals surface area (Å²) in [6.07, 6.45) is 1.99. The molecule has 0 fully saturated rings. The average molecular weight is 307 g/mol. The van der Waals surface area contributed by atoms with Crippen LogP contribution in [0.15, 0.2) is 54.2 Å². The molecule has 0 aliphatic carbocycles. The molecule has 0 radical (unpaired) electrons. The summed E-state index contributed by atoms with van der Waals surface area (Å²) >= 11 is 1.56. The predicted molar refractivity (Wildman–Crippen MR) is 90.5 cm³/mol. The third-order valence-electron chi connectivity index (χ3n) is 3.74. The number of aromatic nitrogens is 2. The van der Waals surface area contributed by atoms with Crippen LogP contribution in [0, 0.1) is 0 Å². The van der Waals surface area contributed by atoms with Crippen molar-refractivity contribution >= 4 is 44.1 Å². The molecular formula is C17H13N3OS. The van der Waals surface area contributed by atoms with Crippen molar-refractivity contribution in [3.05, 3.63) is 59.7 Å². The fraction of sp³-hybridized carbons (Fsp3) is 0.0588. The van der Waals surface area contributed by atoms with Crippen LogP contribution in [0.5, 0.6) is 0 Å². The lowest BCUT2D eigenvalue weighted by Crippen LogP contribution is -2.11. The van der Waals surface area contributed by atoms with E-state index in [4.69, 9.17) is 0 Å². The molecule has 2 heterocycles.